The number of amides is 1. The Bertz CT molecular complexity index is 423. The molecule has 0 radical (unpaired) electrons. The van der Waals surface area contributed by atoms with Crippen molar-refractivity contribution in [1.29, 1.82) is 0 Å². The molecule has 3 nitrogen and oxygen atoms in total. The molecule has 5 heteroatoms. The van der Waals surface area contributed by atoms with E-state index in [2.05, 4.69) is 35.1 Å². The number of nitrogens with zero attached hydrogens (tertiary/aromatic N) is 1. The van der Waals surface area contributed by atoms with Gasteiger partial charge in [-0.05, 0) is 34.1 Å². The summed E-state index contributed by atoms with van der Waals surface area (Å²) in [5, 5.41) is 8.93. The molecule has 17 heavy (non-hydrogen) atoms. The summed E-state index contributed by atoms with van der Waals surface area (Å²) in [5.41, 5.74) is 0.535. The summed E-state index contributed by atoms with van der Waals surface area (Å²) in [6, 6.07) is 5.28. The Labute approximate surface area is 115 Å². The minimum atomic E-state index is -0.151. The van der Waals surface area contributed by atoms with Crippen LogP contribution in [0, 0.1) is 0 Å². The summed E-state index contributed by atoms with van der Waals surface area (Å²) in [6.45, 7) is 4.22. The quantitative estimate of drug-likeness (QED) is 0.647. The van der Waals surface area contributed by atoms with Gasteiger partial charge in [0.05, 0.1) is 12.2 Å². The van der Waals surface area contributed by atoms with Gasteiger partial charge in [0.25, 0.3) is 5.91 Å². The van der Waals surface area contributed by atoms with Gasteiger partial charge >= 0.3 is 0 Å². The van der Waals surface area contributed by atoms with E-state index in [4.69, 9.17) is 5.11 Å². The lowest BCUT2D eigenvalue weighted by Gasteiger charge is -2.20. The number of thiol groups is 1. The Morgan fingerprint density at radius 2 is 2.29 bits per heavy atom. The largest absolute Gasteiger partial charge is 0.395 e. The summed E-state index contributed by atoms with van der Waals surface area (Å²) in [4.78, 5) is 14.5. The zero-order valence-corrected chi connectivity index (χ0v) is 11.7. The molecular formula is C12H14BrNO2S. The number of rotatable bonds is 5. The van der Waals surface area contributed by atoms with Crippen LogP contribution in [0.2, 0.25) is 0 Å². The van der Waals surface area contributed by atoms with Crippen molar-refractivity contribution >= 4 is 34.5 Å². The molecule has 92 valence electrons. The summed E-state index contributed by atoms with van der Waals surface area (Å²) in [6.07, 6.45) is 1.63. The highest BCUT2D eigenvalue weighted by Crippen LogP contribution is 2.21. The van der Waals surface area contributed by atoms with Gasteiger partial charge in [-0.25, -0.2) is 0 Å². The maximum absolute atomic E-state index is 12.2. The van der Waals surface area contributed by atoms with Crippen molar-refractivity contribution in [2.75, 3.05) is 19.7 Å². The van der Waals surface area contributed by atoms with Gasteiger partial charge in [-0.1, -0.05) is 6.08 Å². The summed E-state index contributed by atoms with van der Waals surface area (Å²) >= 11 is 7.54. The maximum Gasteiger partial charge on any atom is 0.255 e. The first kappa shape index (κ1) is 14.3. The molecule has 1 rings (SSSR count). The van der Waals surface area contributed by atoms with Gasteiger partial charge in [0, 0.05) is 22.5 Å². The predicted octanol–water partition coefficient (Wildman–Crippen LogP) is 2.36. The molecule has 0 saturated heterocycles. The number of carbonyl (C=O) groups excluding carboxylic acids is 1. The molecule has 0 aliphatic carbocycles. The number of hydrogen-bond donors (Lipinski definition) is 2. The van der Waals surface area contributed by atoms with E-state index >= 15 is 0 Å². The zero-order valence-electron chi connectivity index (χ0n) is 9.27. The van der Waals surface area contributed by atoms with Gasteiger partial charge in [-0.15, -0.1) is 19.2 Å². The van der Waals surface area contributed by atoms with E-state index < -0.39 is 0 Å². The third-order valence-electron chi connectivity index (χ3n) is 2.19. The van der Waals surface area contributed by atoms with Gasteiger partial charge in [0.15, 0.2) is 0 Å². The summed E-state index contributed by atoms with van der Waals surface area (Å²) < 4.78 is 0.715. The zero-order chi connectivity index (χ0) is 12.8. The van der Waals surface area contributed by atoms with Crippen molar-refractivity contribution in [2.45, 2.75) is 4.90 Å². The first-order valence-electron chi connectivity index (χ1n) is 5.09. The highest BCUT2D eigenvalue weighted by molar-refractivity contribution is 9.10. The number of benzene rings is 1. The molecule has 0 aromatic heterocycles. The van der Waals surface area contributed by atoms with E-state index in [1.54, 1.807) is 24.3 Å². The Balaban J connectivity index is 2.99. The van der Waals surface area contributed by atoms with Crippen LogP contribution >= 0.6 is 28.6 Å². The molecule has 1 aromatic carbocycles. The van der Waals surface area contributed by atoms with E-state index in [-0.39, 0.29) is 19.1 Å². The average Bonchev–Trinajstić information content (AvgIpc) is 2.31. The Hall–Kier alpha value is -0.780. The molecule has 0 spiro atoms. The summed E-state index contributed by atoms with van der Waals surface area (Å²) in [7, 11) is 0. The second kappa shape index (κ2) is 6.83. The van der Waals surface area contributed by atoms with E-state index in [1.165, 1.54) is 4.90 Å². The van der Waals surface area contributed by atoms with Crippen LogP contribution in [-0.2, 0) is 0 Å². The monoisotopic (exact) mass is 315 g/mol. The van der Waals surface area contributed by atoms with Gasteiger partial charge in [0.2, 0.25) is 0 Å². The van der Waals surface area contributed by atoms with Crippen LogP contribution in [0.5, 0.6) is 0 Å². The van der Waals surface area contributed by atoms with E-state index in [1.807, 2.05) is 0 Å². The van der Waals surface area contributed by atoms with E-state index in [0.29, 0.717) is 16.6 Å². The molecule has 1 amide bonds. The van der Waals surface area contributed by atoms with Gasteiger partial charge in [-0.2, -0.15) is 0 Å². The fourth-order valence-electron chi connectivity index (χ4n) is 1.40. The lowest BCUT2D eigenvalue weighted by atomic mass is 10.2. The molecule has 0 heterocycles. The molecule has 0 unspecified atom stereocenters. The number of hydrogen-bond acceptors (Lipinski definition) is 3. The molecule has 0 aliphatic rings. The highest BCUT2D eigenvalue weighted by Gasteiger charge is 2.16. The van der Waals surface area contributed by atoms with Crippen LogP contribution in [0.3, 0.4) is 0 Å². The molecular weight excluding hydrogens is 302 g/mol. The molecule has 0 atom stereocenters. The minimum Gasteiger partial charge on any atom is -0.395 e. The molecule has 0 bridgehead atoms. The van der Waals surface area contributed by atoms with Crippen molar-refractivity contribution in [1.82, 2.24) is 4.90 Å². The van der Waals surface area contributed by atoms with E-state index in [9.17, 15) is 4.79 Å². The first-order valence-corrected chi connectivity index (χ1v) is 6.33. The minimum absolute atomic E-state index is 0.0717. The second-order valence-electron chi connectivity index (χ2n) is 3.43. The lowest BCUT2D eigenvalue weighted by molar-refractivity contribution is 0.0741. The predicted molar refractivity (Wildman–Crippen MR) is 74.6 cm³/mol. The number of carbonyl (C=O) groups is 1. The van der Waals surface area contributed by atoms with Crippen LogP contribution in [0.25, 0.3) is 0 Å². The van der Waals surface area contributed by atoms with Crippen LogP contribution in [-0.4, -0.2) is 35.6 Å². The fraction of sp³-hybridized carbons (Fsp3) is 0.250. The normalized spacial score (nSPS) is 10.1. The second-order valence-corrected chi connectivity index (χ2v) is 4.80. The van der Waals surface area contributed by atoms with Crippen LogP contribution in [0.15, 0.2) is 40.2 Å². The Morgan fingerprint density at radius 3 is 2.88 bits per heavy atom. The number of aliphatic hydroxyl groups excluding tert-OH is 1. The maximum atomic E-state index is 12.2. The molecule has 1 N–H and O–H groups in total. The van der Waals surface area contributed by atoms with Crippen LogP contribution in [0.4, 0.5) is 0 Å². The van der Waals surface area contributed by atoms with E-state index in [0.717, 1.165) is 4.90 Å². The number of aliphatic hydroxyl groups is 1. The van der Waals surface area contributed by atoms with Crippen molar-refractivity contribution in [3.05, 3.63) is 40.9 Å². The van der Waals surface area contributed by atoms with Gasteiger partial charge < -0.3 is 10.0 Å². The average molecular weight is 316 g/mol. The van der Waals surface area contributed by atoms with Crippen molar-refractivity contribution < 1.29 is 9.90 Å². The Kier molecular flexibility index (Phi) is 5.74. The van der Waals surface area contributed by atoms with Crippen molar-refractivity contribution in [3.8, 4) is 0 Å². The third-order valence-corrected chi connectivity index (χ3v) is 3.16. The lowest BCUT2D eigenvalue weighted by Crippen LogP contribution is -2.33. The molecule has 0 saturated carbocycles. The van der Waals surface area contributed by atoms with Crippen LogP contribution in [0.1, 0.15) is 10.4 Å². The van der Waals surface area contributed by atoms with Crippen molar-refractivity contribution in [2.24, 2.45) is 0 Å². The molecule has 1 aromatic rings. The highest BCUT2D eigenvalue weighted by atomic mass is 79.9. The molecule has 0 fully saturated rings. The SMILES string of the molecule is C=CCN(CCO)C(=O)c1cc(S)ccc1Br. The smallest absolute Gasteiger partial charge is 0.255 e. The number of halogens is 1. The first-order chi connectivity index (χ1) is 8.10. The third kappa shape index (κ3) is 3.87. The topological polar surface area (TPSA) is 40.5 Å². The standard InChI is InChI=1S/C12H14BrNO2S/c1-2-5-14(6-7-15)12(16)10-8-9(17)3-4-11(10)13/h2-4,8,15,17H,1,5-7H2. The summed E-state index contributed by atoms with van der Waals surface area (Å²) in [5.74, 6) is -0.151. The molecule has 0 aliphatic heterocycles. The van der Waals surface area contributed by atoms with Gasteiger partial charge in [-0.3, -0.25) is 4.79 Å². The van der Waals surface area contributed by atoms with Crippen LogP contribution < -0.4 is 0 Å². The van der Waals surface area contributed by atoms with Gasteiger partial charge in [0.1, 0.15) is 0 Å². The van der Waals surface area contributed by atoms with Crippen molar-refractivity contribution in [3.63, 3.8) is 0 Å². The fourth-order valence-corrected chi connectivity index (χ4v) is 2.02. The Morgan fingerprint density at radius 1 is 1.59 bits per heavy atom.